The maximum atomic E-state index is 6.84. The van der Waals surface area contributed by atoms with Gasteiger partial charge in [0.2, 0.25) is 0 Å². The SMILES string of the molecule is [C-]#[N+]c1ccc(CN(C)C(C)C)cc1. The lowest BCUT2D eigenvalue weighted by molar-refractivity contribution is 0.266. The molecule has 2 heteroatoms. The molecule has 0 atom stereocenters. The molecule has 0 saturated heterocycles. The zero-order valence-electron chi connectivity index (χ0n) is 8.99. The molecule has 0 saturated carbocycles. The van der Waals surface area contributed by atoms with Crippen molar-refractivity contribution >= 4 is 5.69 Å². The van der Waals surface area contributed by atoms with Crippen LogP contribution in [0.3, 0.4) is 0 Å². The second kappa shape index (κ2) is 4.78. The molecule has 0 aromatic heterocycles. The second-order valence-electron chi connectivity index (χ2n) is 3.79. The van der Waals surface area contributed by atoms with Crippen LogP contribution < -0.4 is 0 Å². The van der Waals surface area contributed by atoms with Gasteiger partial charge in [0.05, 0.1) is 6.57 Å². The third-order valence-corrected chi connectivity index (χ3v) is 2.38. The average Bonchev–Trinajstić information content (AvgIpc) is 2.19. The standard InChI is InChI=1S/C12H16N2/c1-10(2)14(4)9-11-5-7-12(13-3)8-6-11/h5-8,10H,9H2,1-2,4H3. The Labute approximate surface area is 86.0 Å². The van der Waals surface area contributed by atoms with Gasteiger partial charge in [-0.1, -0.05) is 24.3 Å². The van der Waals surface area contributed by atoms with Crippen LogP contribution in [-0.2, 0) is 6.54 Å². The van der Waals surface area contributed by atoms with Crippen molar-refractivity contribution in [1.29, 1.82) is 0 Å². The van der Waals surface area contributed by atoms with Gasteiger partial charge in [0.1, 0.15) is 0 Å². The van der Waals surface area contributed by atoms with E-state index in [1.165, 1.54) is 5.56 Å². The van der Waals surface area contributed by atoms with Crippen molar-refractivity contribution in [3.63, 3.8) is 0 Å². The van der Waals surface area contributed by atoms with Crippen molar-refractivity contribution in [2.24, 2.45) is 0 Å². The highest BCUT2D eigenvalue weighted by molar-refractivity contribution is 5.45. The number of hydrogen-bond acceptors (Lipinski definition) is 1. The smallest absolute Gasteiger partial charge is 0.187 e. The molecule has 2 nitrogen and oxygen atoms in total. The Hall–Kier alpha value is -1.33. The molecule has 0 aliphatic heterocycles. The van der Waals surface area contributed by atoms with Gasteiger partial charge in [-0.25, -0.2) is 4.85 Å². The Morgan fingerprint density at radius 3 is 2.29 bits per heavy atom. The molecule has 0 spiro atoms. The van der Waals surface area contributed by atoms with E-state index in [2.05, 4.69) is 30.6 Å². The molecule has 0 aliphatic carbocycles. The van der Waals surface area contributed by atoms with Crippen LogP contribution in [0.5, 0.6) is 0 Å². The summed E-state index contributed by atoms with van der Waals surface area (Å²) in [6.07, 6.45) is 0. The van der Waals surface area contributed by atoms with Crippen LogP contribution in [0.15, 0.2) is 24.3 Å². The summed E-state index contributed by atoms with van der Waals surface area (Å²) in [4.78, 5) is 5.63. The molecule has 0 fully saturated rings. The van der Waals surface area contributed by atoms with Crippen LogP contribution in [-0.4, -0.2) is 18.0 Å². The van der Waals surface area contributed by atoms with E-state index in [4.69, 9.17) is 6.57 Å². The maximum absolute atomic E-state index is 6.84. The lowest BCUT2D eigenvalue weighted by Gasteiger charge is -2.20. The summed E-state index contributed by atoms with van der Waals surface area (Å²) in [6.45, 7) is 12.1. The topological polar surface area (TPSA) is 7.60 Å². The molecule has 0 radical (unpaired) electrons. The van der Waals surface area contributed by atoms with Gasteiger partial charge in [0.25, 0.3) is 0 Å². The molecular weight excluding hydrogens is 172 g/mol. The highest BCUT2D eigenvalue weighted by atomic mass is 15.1. The molecule has 0 N–H and O–H groups in total. The summed E-state index contributed by atoms with van der Waals surface area (Å²) in [5.74, 6) is 0. The molecule has 0 heterocycles. The van der Waals surface area contributed by atoms with Crippen LogP contribution >= 0.6 is 0 Å². The monoisotopic (exact) mass is 188 g/mol. The second-order valence-corrected chi connectivity index (χ2v) is 3.79. The van der Waals surface area contributed by atoms with Gasteiger partial charge in [0, 0.05) is 12.6 Å². The van der Waals surface area contributed by atoms with Gasteiger partial charge in [-0.05, 0) is 26.5 Å². The Morgan fingerprint density at radius 2 is 1.86 bits per heavy atom. The Morgan fingerprint density at radius 1 is 1.29 bits per heavy atom. The van der Waals surface area contributed by atoms with Crippen molar-refractivity contribution in [2.45, 2.75) is 26.4 Å². The van der Waals surface area contributed by atoms with Crippen molar-refractivity contribution in [3.05, 3.63) is 41.2 Å². The van der Waals surface area contributed by atoms with Crippen LogP contribution in [0, 0.1) is 6.57 Å². The van der Waals surface area contributed by atoms with Gasteiger partial charge in [-0.3, -0.25) is 4.90 Å². The first-order valence-electron chi connectivity index (χ1n) is 4.80. The summed E-state index contributed by atoms with van der Waals surface area (Å²) in [5, 5.41) is 0. The number of rotatable bonds is 3. The molecule has 0 unspecified atom stereocenters. The summed E-state index contributed by atoms with van der Waals surface area (Å²) < 4.78 is 0. The van der Waals surface area contributed by atoms with E-state index in [0.717, 1.165) is 6.54 Å². The minimum atomic E-state index is 0.551. The Balaban J connectivity index is 2.65. The van der Waals surface area contributed by atoms with E-state index in [-0.39, 0.29) is 0 Å². The van der Waals surface area contributed by atoms with Crippen LogP contribution in [0.4, 0.5) is 5.69 Å². The quantitative estimate of drug-likeness (QED) is 0.661. The van der Waals surface area contributed by atoms with Gasteiger partial charge in [-0.15, -0.1) is 0 Å². The fourth-order valence-electron chi connectivity index (χ4n) is 1.15. The zero-order chi connectivity index (χ0) is 10.6. The molecule has 1 rings (SSSR count). The van der Waals surface area contributed by atoms with Crippen LogP contribution in [0.2, 0.25) is 0 Å². The minimum absolute atomic E-state index is 0.551. The van der Waals surface area contributed by atoms with Gasteiger partial charge < -0.3 is 0 Å². The average molecular weight is 188 g/mol. The van der Waals surface area contributed by atoms with Gasteiger partial charge in [0.15, 0.2) is 5.69 Å². The normalized spacial score (nSPS) is 10.6. The number of hydrogen-bond donors (Lipinski definition) is 0. The molecule has 1 aromatic rings. The molecule has 74 valence electrons. The fraction of sp³-hybridized carbons (Fsp3) is 0.417. The van der Waals surface area contributed by atoms with Crippen molar-refractivity contribution in [2.75, 3.05) is 7.05 Å². The molecule has 1 aromatic carbocycles. The lowest BCUT2D eigenvalue weighted by atomic mass is 10.2. The highest BCUT2D eigenvalue weighted by Gasteiger charge is 2.03. The number of nitrogens with zero attached hydrogens (tertiary/aromatic N) is 2. The van der Waals surface area contributed by atoms with E-state index in [1.807, 2.05) is 24.3 Å². The Kier molecular flexibility index (Phi) is 3.67. The van der Waals surface area contributed by atoms with Crippen molar-refractivity contribution in [3.8, 4) is 0 Å². The maximum Gasteiger partial charge on any atom is 0.187 e. The third-order valence-electron chi connectivity index (χ3n) is 2.38. The molecule has 0 bridgehead atoms. The summed E-state index contributed by atoms with van der Waals surface area (Å²) in [6, 6.07) is 8.33. The molecule has 0 amide bonds. The van der Waals surface area contributed by atoms with Crippen molar-refractivity contribution < 1.29 is 0 Å². The zero-order valence-corrected chi connectivity index (χ0v) is 8.99. The van der Waals surface area contributed by atoms with Crippen molar-refractivity contribution in [1.82, 2.24) is 4.90 Å². The summed E-state index contributed by atoms with van der Waals surface area (Å²) in [7, 11) is 2.10. The van der Waals surface area contributed by atoms with Crippen LogP contribution in [0.25, 0.3) is 4.85 Å². The minimum Gasteiger partial charge on any atom is -0.300 e. The van der Waals surface area contributed by atoms with E-state index < -0.39 is 0 Å². The first kappa shape index (κ1) is 10.7. The van der Waals surface area contributed by atoms with E-state index in [1.54, 1.807) is 0 Å². The van der Waals surface area contributed by atoms with Crippen LogP contribution in [0.1, 0.15) is 19.4 Å². The largest absolute Gasteiger partial charge is 0.300 e. The predicted molar refractivity (Wildman–Crippen MR) is 59.3 cm³/mol. The lowest BCUT2D eigenvalue weighted by Crippen LogP contribution is -2.25. The van der Waals surface area contributed by atoms with E-state index in [9.17, 15) is 0 Å². The molecule has 0 aliphatic rings. The summed E-state index contributed by atoms with van der Waals surface area (Å²) in [5.41, 5.74) is 1.97. The highest BCUT2D eigenvalue weighted by Crippen LogP contribution is 2.14. The fourth-order valence-corrected chi connectivity index (χ4v) is 1.15. The number of benzene rings is 1. The third kappa shape index (κ3) is 2.86. The van der Waals surface area contributed by atoms with Gasteiger partial charge in [-0.2, -0.15) is 0 Å². The Bertz CT molecular complexity index is 319. The first-order chi connectivity index (χ1) is 6.63. The van der Waals surface area contributed by atoms with Gasteiger partial charge >= 0.3 is 0 Å². The van der Waals surface area contributed by atoms with E-state index in [0.29, 0.717) is 11.7 Å². The molecule has 14 heavy (non-hydrogen) atoms. The molecular formula is C12H16N2. The predicted octanol–water partition coefficient (Wildman–Crippen LogP) is 3.08. The summed E-state index contributed by atoms with van der Waals surface area (Å²) >= 11 is 0. The first-order valence-corrected chi connectivity index (χ1v) is 4.80. The van der Waals surface area contributed by atoms with E-state index >= 15 is 0 Å².